The standard InChI is InChI=1S/C9H6N4/c10-5-1-4-8-7-3-2-6-11-9(7)13-12-8/h1-4,6H,(H,11,12,13). The van der Waals surface area contributed by atoms with Crippen molar-refractivity contribution in [3.05, 3.63) is 30.1 Å². The highest BCUT2D eigenvalue weighted by Crippen LogP contribution is 2.13. The van der Waals surface area contributed by atoms with Crippen molar-refractivity contribution >= 4 is 17.1 Å². The third kappa shape index (κ3) is 1.27. The van der Waals surface area contributed by atoms with Crippen LogP contribution in [0.2, 0.25) is 0 Å². The fourth-order valence-corrected chi connectivity index (χ4v) is 1.12. The van der Waals surface area contributed by atoms with E-state index in [1.807, 2.05) is 18.2 Å². The minimum Gasteiger partial charge on any atom is -0.276 e. The van der Waals surface area contributed by atoms with Gasteiger partial charge in [0.1, 0.15) is 0 Å². The monoisotopic (exact) mass is 170 g/mol. The minimum atomic E-state index is 0.667. The summed E-state index contributed by atoms with van der Waals surface area (Å²) in [6.45, 7) is 0. The Morgan fingerprint density at radius 1 is 1.54 bits per heavy atom. The number of H-pyrrole nitrogens is 1. The highest BCUT2D eigenvalue weighted by molar-refractivity contribution is 5.83. The van der Waals surface area contributed by atoms with Crippen LogP contribution in [0.25, 0.3) is 17.1 Å². The second-order valence-corrected chi connectivity index (χ2v) is 2.47. The van der Waals surface area contributed by atoms with Crippen LogP contribution in [0, 0.1) is 11.3 Å². The van der Waals surface area contributed by atoms with Gasteiger partial charge in [-0.15, -0.1) is 0 Å². The summed E-state index contributed by atoms with van der Waals surface area (Å²) < 4.78 is 0. The van der Waals surface area contributed by atoms with E-state index in [9.17, 15) is 0 Å². The molecule has 0 fully saturated rings. The highest BCUT2D eigenvalue weighted by Gasteiger charge is 2.00. The molecule has 2 heterocycles. The van der Waals surface area contributed by atoms with Gasteiger partial charge in [-0.1, -0.05) is 0 Å². The van der Waals surface area contributed by atoms with E-state index in [0.717, 1.165) is 11.1 Å². The molecule has 0 aliphatic carbocycles. The lowest BCUT2D eigenvalue weighted by atomic mass is 10.2. The molecular weight excluding hydrogens is 164 g/mol. The van der Waals surface area contributed by atoms with E-state index in [2.05, 4.69) is 15.2 Å². The summed E-state index contributed by atoms with van der Waals surface area (Å²) in [4.78, 5) is 4.05. The maximum absolute atomic E-state index is 8.35. The molecule has 0 amide bonds. The number of nitrogens with zero attached hydrogens (tertiary/aromatic N) is 3. The number of nitrogens with one attached hydrogen (secondary N) is 1. The first kappa shape index (κ1) is 7.50. The molecule has 13 heavy (non-hydrogen) atoms. The summed E-state index contributed by atoms with van der Waals surface area (Å²) in [5.41, 5.74) is 1.48. The number of aromatic nitrogens is 3. The van der Waals surface area contributed by atoms with Crippen molar-refractivity contribution in [3.63, 3.8) is 0 Å². The molecule has 0 radical (unpaired) electrons. The van der Waals surface area contributed by atoms with Crippen LogP contribution in [0.5, 0.6) is 0 Å². The van der Waals surface area contributed by atoms with Crippen molar-refractivity contribution in [1.29, 1.82) is 5.26 Å². The molecule has 0 saturated carbocycles. The second kappa shape index (κ2) is 3.07. The number of fused-ring (bicyclic) bond motifs is 1. The molecule has 0 aliphatic rings. The van der Waals surface area contributed by atoms with Gasteiger partial charge in [-0.3, -0.25) is 5.10 Å². The van der Waals surface area contributed by atoms with Crippen LogP contribution in [0.3, 0.4) is 0 Å². The molecule has 2 rings (SSSR count). The first-order valence-electron chi connectivity index (χ1n) is 3.77. The van der Waals surface area contributed by atoms with Crippen molar-refractivity contribution in [2.24, 2.45) is 0 Å². The van der Waals surface area contributed by atoms with Crippen LogP contribution in [0.4, 0.5) is 0 Å². The zero-order chi connectivity index (χ0) is 9.10. The molecule has 0 aliphatic heterocycles. The van der Waals surface area contributed by atoms with E-state index in [4.69, 9.17) is 5.26 Å². The lowest BCUT2D eigenvalue weighted by Crippen LogP contribution is -1.72. The summed E-state index contributed by atoms with van der Waals surface area (Å²) in [6.07, 6.45) is 4.76. The quantitative estimate of drug-likeness (QED) is 0.659. The minimum absolute atomic E-state index is 0.667. The Labute approximate surface area is 74.5 Å². The van der Waals surface area contributed by atoms with Crippen molar-refractivity contribution in [2.75, 3.05) is 0 Å². The molecule has 0 aromatic carbocycles. The normalized spacial score (nSPS) is 10.7. The van der Waals surface area contributed by atoms with Crippen LogP contribution in [0.1, 0.15) is 5.69 Å². The predicted octanol–water partition coefficient (Wildman–Crippen LogP) is 1.49. The van der Waals surface area contributed by atoms with Gasteiger partial charge in [0.15, 0.2) is 5.65 Å². The van der Waals surface area contributed by atoms with Gasteiger partial charge in [0.05, 0.1) is 11.8 Å². The third-order valence-electron chi connectivity index (χ3n) is 1.68. The first-order valence-corrected chi connectivity index (χ1v) is 3.77. The Hall–Kier alpha value is -2.15. The average Bonchev–Trinajstić information content (AvgIpc) is 2.58. The SMILES string of the molecule is N#CC=Cc1[nH]nc2ncccc12. The molecule has 0 unspecified atom stereocenters. The third-order valence-corrected chi connectivity index (χ3v) is 1.68. The number of aromatic amines is 1. The Kier molecular flexibility index (Phi) is 1.77. The van der Waals surface area contributed by atoms with E-state index in [0.29, 0.717) is 5.65 Å². The van der Waals surface area contributed by atoms with Gasteiger partial charge in [0.2, 0.25) is 0 Å². The molecule has 0 spiro atoms. The van der Waals surface area contributed by atoms with Gasteiger partial charge in [-0.25, -0.2) is 4.98 Å². The number of hydrogen-bond donors (Lipinski definition) is 1. The van der Waals surface area contributed by atoms with Gasteiger partial charge < -0.3 is 0 Å². The molecule has 2 aromatic rings. The Morgan fingerprint density at radius 2 is 2.46 bits per heavy atom. The summed E-state index contributed by atoms with van der Waals surface area (Å²) >= 11 is 0. The summed E-state index contributed by atoms with van der Waals surface area (Å²) in [7, 11) is 0. The molecule has 2 aromatic heterocycles. The smallest absolute Gasteiger partial charge is 0.181 e. The number of nitriles is 1. The van der Waals surface area contributed by atoms with Crippen molar-refractivity contribution in [1.82, 2.24) is 15.2 Å². The molecule has 4 nitrogen and oxygen atoms in total. The largest absolute Gasteiger partial charge is 0.276 e. The van der Waals surface area contributed by atoms with Gasteiger partial charge in [-0.2, -0.15) is 10.4 Å². The highest BCUT2D eigenvalue weighted by atomic mass is 15.1. The van der Waals surface area contributed by atoms with E-state index in [1.165, 1.54) is 6.08 Å². The molecule has 62 valence electrons. The van der Waals surface area contributed by atoms with Crippen molar-refractivity contribution < 1.29 is 0 Å². The molecule has 0 bridgehead atoms. The topological polar surface area (TPSA) is 65.4 Å². The van der Waals surface area contributed by atoms with E-state index < -0.39 is 0 Å². The van der Waals surface area contributed by atoms with Gasteiger partial charge >= 0.3 is 0 Å². The summed E-state index contributed by atoms with van der Waals surface area (Å²) in [5.74, 6) is 0. The fraction of sp³-hybridized carbons (Fsp3) is 0. The van der Waals surface area contributed by atoms with E-state index >= 15 is 0 Å². The summed E-state index contributed by atoms with van der Waals surface area (Å²) in [6, 6.07) is 5.66. The zero-order valence-corrected chi connectivity index (χ0v) is 6.73. The Bertz CT molecular complexity index is 490. The molecule has 0 atom stereocenters. The van der Waals surface area contributed by atoms with Gasteiger partial charge in [0.25, 0.3) is 0 Å². The maximum atomic E-state index is 8.35. The van der Waals surface area contributed by atoms with Crippen LogP contribution < -0.4 is 0 Å². The van der Waals surface area contributed by atoms with Crippen LogP contribution >= 0.6 is 0 Å². The van der Waals surface area contributed by atoms with Crippen molar-refractivity contribution in [2.45, 2.75) is 0 Å². The van der Waals surface area contributed by atoms with Crippen molar-refractivity contribution in [3.8, 4) is 6.07 Å². The molecule has 4 heteroatoms. The van der Waals surface area contributed by atoms with Crippen LogP contribution in [0.15, 0.2) is 24.4 Å². The number of rotatable bonds is 1. The average molecular weight is 170 g/mol. The molecule has 1 N–H and O–H groups in total. The number of hydrogen-bond acceptors (Lipinski definition) is 3. The Balaban J connectivity index is 2.59. The summed E-state index contributed by atoms with van der Waals surface area (Å²) in [5, 5.41) is 16.0. The second-order valence-electron chi connectivity index (χ2n) is 2.47. The number of allylic oxidation sites excluding steroid dienone is 1. The zero-order valence-electron chi connectivity index (χ0n) is 6.73. The first-order chi connectivity index (χ1) is 6.42. The van der Waals surface area contributed by atoms with E-state index in [-0.39, 0.29) is 0 Å². The van der Waals surface area contributed by atoms with Crippen LogP contribution in [-0.4, -0.2) is 15.2 Å². The van der Waals surface area contributed by atoms with Gasteiger partial charge in [-0.05, 0) is 18.2 Å². The molecule has 0 saturated heterocycles. The fourth-order valence-electron chi connectivity index (χ4n) is 1.12. The maximum Gasteiger partial charge on any atom is 0.181 e. The molecular formula is C9H6N4. The lowest BCUT2D eigenvalue weighted by molar-refractivity contribution is 1.09. The number of pyridine rings is 1. The van der Waals surface area contributed by atoms with E-state index in [1.54, 1.807) is 12.3 Å². The predicted molar refractivity (Wildman–Crippen MR) is 48.5 cm³/mol. The van der Waals surface area contributed by atoms with Crippen LogP contribution in [-0.2, 0) is 0 Å². The Morgan fingerprint density at radius 3 is 3.31 bits per heavy atom. The lowest BCUT2D eigenvalue weighted by Gasteiger charge is -1.85. The van der Waals surface area contributed by atoms with Gasteiger partial charge in [0, 0.05) is 17.7 Å².